The maximum Gasteiger partial charge on any atom is 0.419 e. The maximum absolute atomic E-state index is 13.1. The predicted molar refractivity (Wildman–Crippen MR) is 150 cm³/mol. The number of hydrogen-bond acceptors (Lipinski definition) is 5. The monoisotopic (exact) mass is 738 g/mol. The lowest BCUT2D eigenvalue weighted by atomic mass is 10.2. The van der Waals surface area contributed by atoms with Crippen LogP contribution >= 0.6 is 31.9 Å². The fourth-order valence-electron chi connectivity index (χ4n) is 4.20. The molecule has 0 aromatic carbocycles. The standard InChI is InChI=1S/C14H12BrF3N2O2.C13H10BrF3N2O2/c1-7-4-5-8(2)20(7)10-6-9(14(16,17)18)12(15)19-11(10)13(21)22-3;1-6-3-4-7(2)19(6)9-5-8(13(15,16)17)11(14)18-10(9)12(20)21/h4-6H,1-3H3;3-5H,1-2H3,(H,20,21). The van der Waals surface area contributed by atoms with Crippen molar-refractivity contribution in [3.05, 3.63) is 90.9 Å². The fraction of sp³-hybridized carbons (Fsp3) is 0.259. The van der Waals surface area contributed by atoms with Crippen molar-refractivity contribution < 1.29 is 45.8 Å². The highest BCUT2D eigenvalue weighted by atomic mass is 79.9. The molecule has 0 saturated heterocycles. The first-order valence-electron chi connectivity index (χ1n) is 12.0. The van der Waals surface area contributed by atoms with Crippen LogP contribution in [0.4, 0.5) is 26.3 Å². The number of carbonyl (C=O) groups excluding carboxylic acids is 1. The van der Waals surface area contributed by atoms with E-state index in [2.05, 4.69) is 46.6 Å². The second-order valence-electron chi connectivity index (χ2n) is 9.08. The molecule has 0 amide bonds. The third kappa shape index (κ3) is 7.12. The molecule has 0 spiro atoms. The Morgan fingerprint density at radius 3 is 1.35 bits per heavy atom. The van der Waals surface area contributed by atoms with Gasteiger partial charge < -0.3 is 19.0 Å². The van der Waals surface area contributed by atoms with Crippen molar-refractivity contribution >= 4 is 43.8 Å². The molecule has 0 radical (unpaired) electrons. The molecule has 0 saturated carbocycles. The van der Waals surface area contributed by atoms with Gasteiger partial charge in [0.2, 0.25) is 0 Å². The van der Waals surface area contributed by atoms with Gasteiger partial charge in [-0.1, -0.05) is 0 Å². The number of carbonyl (C=O) groups is 2. The Hall–Kier alpha value is -3.66. The van der Waals surface area contributed by atoms with Crippen LogP contribution in [0.2, 0.25) is 0 Å². The quantitative estimate of drug-likeness (QED) is 0.129. The van der Waals surface area contributed by atoms with Crippen LogP contribution in [0.1, 0.15) is 54.9 Å². The third-order valence-corrected chi connectivity index (χ3v) is 7.34. The number of esters is 1. The van der Waals surface area contributed by atoms with E-state index in [1.165, 1.54) is 9.13 Å². The van der Waals surface area contributed by atoms with Crippen LogP contribution in [0.15, 0.2) is 45.6 Å². The zero-order valence-electron chi connectivity index (χ0n) is 22.9. The molecule has 0 fully saturated rings. The first-order chi connectivity index (χ1) is 19.8. The maximum atomic E-state index is 13.1. The van der Waals surface area contributed by atoms with Gasteiger partial charge in [0, 0.05) is 22.8 Å². The van der Waals surface area contributed by atoms with E-state index in [4.69, 9.17) is 0 Å². The van der Waals surface area contributed by atoms with Gasteiger partial charge in [0.15, 0.2) is 11.4 Å². The highest BCUT2D eigenvalue weighted by Crippen LogP contribution is 2.38. The Morgan fingerprint density at radius 2 is 1.05 bits per heavy atom. The van der Waals surface area contributed by atoms with Gasteiger partial charge in [-0.15, -0.1) is 0 Å². The fourth-order valence-corrected chi connectivity index (χ4v) is 5.23. The molecule has 4 rings (SSSR count). The van der Waals surface area contributed by atoms with Gasteiger partial charge in [0.05, 0.1) is 29.6 Å². The molecule has 0 bridgehead atoms. The summed E-state index contributed by atoms with van der Waals surface area (Å²) in [7, 11) is 1.15. The SMILES string of the molecule is COC(=O)c1nc(Br)c(C(F)(F)F)cc1-n1c(C)ccc1C.Cc1ccc(C)n1-c1cc(C(F)(F)F)c(Br)nc1C(=O)O. The van der Waals surface area contributed by atoms with Crippen molar-refractivity contribution in [3.8, 4) is 11.4 Å². The van der Waals surface area contributed by atoms with E-state index in [0.29, 0.717) is 22.8 Å². The number of halogens is 8. The summed E-state index contributed by atoms with van der Waals surface area (Å²) in [4.78, 5) is 30.4. The molecule has 4 heterocycles. The number of nitrogens with zero attached hydrogens (tertiary/aromatic N) is 4. The van der Waals surface area contributed by atoms with Crippen LogP contribution in [0.25, 0.3) is 11.4 Å². The largest absolute Gasteiger partial charge is 0.476 e. The van der Waals surface area contributed by atoms with Crippen molar-refractivity contribution in [1.82, 2.24) is 19.1 Å². The highest BCUT2D eigenvalue weighted by molar-refractivity contribution is 9.10. The molecule has 0 aliphatic carbocycles. The zero-order chi connectivity index (χ0) is 32.6. The number of carboxylic acids is 1. The van der Waals surface area contributed by atoms with Crippen molar-refractivity contribution in [2.45, 2.75) is 40.0 Å². The summed E-state index contributed by atoms with van der Waals surface area (Å²) in [5, 5.41) is 9.19. The molecule has 0 unspecified atom stereocenters. The van der Waals surface area contributed by atoms with E-state index in [1.54, 1.807) is 52.0 Å². The molecule has 43 heavy (non-hydrogen) atoms. The van der Waals surface area contributed by atoms with E-state index >= 15 is 0 Å². The molecule has 16 heteroatoms. The number of aryl methyl sites for hydroxylation is 4. The number of rotatable bonds is 4. The zero-order valence-corrected chi connectivity index (χ0v) is 26.1. The summed E-state index contributed by atoms with van der Waals surface area (Å²) >= 11 is 5.45. The molecule has 8 nitrogen and oxygen atoms in total. The van der Waals surface area contributed by atoms with E-state index in [9.17, 15) is 41.0 Å². The minimum absolute atomic E-state index is 0.0300. The number of ether oxygens (including phenoxy) is 1. The third-order valence-electron chi connectivity index (χ3n) is 6.13. The normalized spacial score (nSPS) is 11.7. The molecule has 1 N–H and O–H groups in total. The number of alkyl halides is 6. The smallest absolute Gasteiger partial charge is 0.419 e. The molecule has 0 atom stereocenters. The van der Waals surface area contributed by atoms with Crippen LogP contribution in [0.5, 0.6) is 0 Å². The number of aromatic nitrogens is 4. The van der Waals surface area contributed by atoms with E-state index in [0.717, 1.165) is 19.2 Å². The Labute approximate surface area is 257 Å². The summed E-state index contributed by atoms with van der Waals surface area (Å²) in [6.45, 7) is 6.80. The molecule has 4 aromatic rings. The van der Waals surface area contributed by atoms with Gasteiger partial charge in [-0.3, -0.25) is 0 Å². The van der Waals surface area contributed by atoms with Gasteiger partial charge in [-0.05, 0) is 96.0 Å². The number of methoxy groups -OCH3 is 1. The minimum atomic E-state index is -4.63. The Kier molecular flexibility index (Phi) is 9.85. The van der Waals surface area contributed by atoms with Gasteiger partial charge in [-0.25, -0.2) is 19.6 Å². The van der Waals surface area contributed by atoms with E-state index in [-0.39, 0.29) is 17.1 Å². The Bertz CT molecular complexity index is 1670. The topological polar surface area (TPSA) is 99.2 Å². The minimum Gasteiger partial charge on any atom is -0.476 e. The first-order valence-corrected chi connectivity index (χ1v) is 13.6. The summed E-state index contributed by atoms with van der Waals surface area (Å²) < 4.78 is 84.8. The number of aromatic carboxylic acids is 1. The summed E-state index contributed by atoms with van der Waals surface area (Å²) in [5.74, 6) is -2.20. The summed E-state index contributed by atoms with van der Waals surface area (Å²) in [5.41, 5.74) is -0.0978. The average Bonchev–Trinajstić information content (AvgIpc) is 3.41. The highest BCUT2D eigenvalue weighted by Gasteiger charge is 2.37. The average molecular weight is 740 g/mol. The molecule has 0 aliphatic rings. The van der Waals surface area contributed by atoms with E-state index < -0.39 is 50.3 Å². The second kappa shape index (κ2) is 12.5. The number of carboxylic acid groups (broad SMARTS) is 1. The lowest BCUT2D eigenvalue weighted by Gasteiger charge is -2.17. The molecular formula is C27H22Br2F6N4O4. The van der Waals surface area contributed by atoms with Crippen molar-refractivity contribution in [2.75, 3.05) is 7.11 Å². The Balaban J connectivity index is 0.000000236. The first kappa shape index (κ1) is 33.8. The predicted octanol–water partition coefficient (Wildman–Crippen LogP) is 8.03. The lowest BCUT2D eigenvalue weighted by molar-refractivity contribution is -0.139. The van der Waals surface area contributed by atoms with Crippen LogP contribution in [-0.2, 0) is 17.1 Å². The van der Waals surface area contributed by atoms with Gasteiger partial charge in [-0.2, -0.15) is 26.3 Å². The molecular weight excluding hydrogens is 718 g/mol. The van der Waals surface area contributed by atoms with Gasteiger partial charge >= 0.3 is 24.3 Å². The summed E-state index contributed by atoms with van der Waals surface area (Å²) in [6.07, 6.45) is -9.23. The van der Waals surface area contributed by atoms with Gasteiger partial charge in [0.1, 0.15) is 9.21 Å². The van der Waals surface area contributed by atoms with Crippen molar-refractivity contribution in [2.24, 2.45) is 0 Å². The lowest BCUT2D eigenvalue weighted by Crippen LogP contribution is -2.16. The van der Waals surface area contributed by atoms with Crippen LogP contribution in [0, 0.1) is 27.7 Å². The molecule has 0 aliphatic heterocycles. The second-order valence-corrected chi connectivity index (χ2v) is 10.6. The van der Waals surface area contributed by atoms with E-state index in [1.807, 2.05) is 0 Å². The van der Waals surface area contributed by atoms with Gasteiger partial charge in [0.25, 0.3) is 0 Å². The van der Waals surface area contributed by atoms with Crippen LogP contribution in [0.3, 0.4) is 0 Å². The number of hydrogen-bond donors (Lipinski definition) is 1. The number of pyridine rings is 2. The molecule has 4 aromatic heterocycles. The Morgan fingerprint density at radius 1 is 0.721 bits per heavy atom. The van der Waals surface area contributed by atoms with Crippen LogP contribution < -0.4 is 0 Å². The van der Waals surface area contributed by atoms with Crippen LogP contribution in [-0.4, -0.2) is 43.3 Å². The summed E-state index contributed by atoms with van der Waals surface area (Å²) in [6, 6.07) is 8.55. The van der Waals surface area contributed by atoms with Crippen molar-refractivity contribution in [1.29, 1.82) is 0 Å². The van der Waals surface area contributed by atoms with Crippen molar-refractivity contribution in [3.63, 3.8) is 0 Å². The molecule has 230 valence electrons.